The van der Waals surface area contributed by atoms with E-state index in [1.165, 1.54) is 5.56 Å². The Morgan fingerprint density at radius 1 is 1.03 bits per heavy atom. The van der Waals surface area contributed by atoms with E-state index >= 15 is 0 Å². The number of benzene rings is 1. The lowest BCUT2D eigenvalue weighted by Gasteiger charge is -2.29. The molecule has 0 amide bonds. The SMILES string of the molecule is CCn1c(CN2CCOCC2)nc2c(N3CCOCC3)cc(NCCCC(=N)c3cccc(C)c3)nc21. The van der Waals surface area contributed by atoms with Crippen LogP contribution in [-0.4, -0.2) is 84.3 Å². The molecule has 2 aliphatic rings. The van der Waals surface area contributed by atoms with Crippen molar-refractivity contribution in [1.82, 2.24) is 19.4 Å². The number of hydrogen-bond acceptors (Lipinski definition) is 8. The molecule has 4 heterocycles. The quantitative estimate of drug-likeness (QED) is 0.321. The smallest absolute Gasteiger partial charge is 0.164 e. The van der Waals surface area contributed by atoms with Crippen LogP contribution in [0.4, 0.5) is 11.5 Å². The summed E-state index contributed by atoms with van der Waals surface area (Å²) in [6.07, 6.45) is 1.60. The average molecular weight is 506 g/mol. The van der Waals surface area contributed by atoms with E-state index in [0.29, 0.717) is 5.71 Å². The number of hydrogen-bond donors (Lipinski definition) is 2. The van der Waals surface area contributed by atoms with Gasteiger partial charge in [-0.05, 0) is 32.3 Å². The molecule has 0 spiro atoms. The monoisotopic (exact) mass is 505 g/mol. The van der Waals surface area contributed by atoms with E-state index in [1.807, 2.05) is 12.1 Å². The van der Waals surface area contributed by atoms with Crippen molar-refractivity contribution in [2.24, 2.45) is 0 Å². The van der Waals surface area contributed by atoms with E-state index in [1.54, 1.807) is 0 Å². The Kier molecular flexibility index (Phi) is 8.33. The van der Waals surface area contributed by atoms with Gasteiger partial charge in [-0.2, -0.15) is 0 Å². The van der Waals surface area contributed by atoms with E-state index in [4.69, 9.17) is 24.9 Å². The average Bonchev–Trinajstić information content (AvgIpc) is 3.28. The van der Waals surface area contributed by atoms with Crippen LogP contribution in [0.15, 0.2) is 30.3 Å². The van der Waals surface area contributed by atoms with Crippen LogP contribution in [0.5, 0.6) is 0 Å². The highest BCUT2D eigenvalue weighted by atomic mass is 16.5. The summed E-state index contributed by atoms with van der Waals surface area (Å²) in [4.78, 5) is 15.0. The van der Waals surface area contributed by atoms with Gasteiger partial charge in [0.15, 0.2) is 5.65 Å². The second-order valence-electron chi connectivity index (χ2n) is 9.84. The number of rotatable bonds is 10. The van der Waals surface area contributed by atoms with Gasteiger partial charge >= 0.3 is 0 Å². The summed E-state index contributed by atoms with van der Waals surface area (Å²) in [6, 6.07) is 10.3. The van der Waals surface area contributed by atoms with Crippen molar-refractivity contribution in [2.75, 3.05) is 69.4 Å². The van der Waals surface area contributed by atoms with Crippen LogP contribution < -0.4 is 10.2 Å². The molecule has 2 fully saturated rings. The zero-order valence-corrected chi connectivity index (χ0v) is 22.1. The standard InChI is InChI=1S/C28H39N7O2/c1-3-35-26(20-33-10-14-36-15-11-33)32-27-24(34-12-16-37-17-13-34)19-25(31-28(27)35)30-9-5-8-23(29)22-7-4-6-21(2)18-22/h4,6-7,18-19,29H,3,5,8-17,20H2,1-2H3,(H,30,31). The predicted octanol–water partition coefficient (Wildman–Crippen LogP) is 3.69. The summed E-state index contributed by atoms with van der Waals surface area (Å²) in [5.74, 6) is 1.92. The lowest BCUT2D eigenvalue weighted by molar-refractivity contribution is 0.0327. The van der Waals surface area contributed by atoms with E-state index in [9.17, 15) is 0 Å². The maximum absolute atomic E-state index is 8.46. The number of aromatic nitrogens is 3. The fourth-order valence-corrected chi connectivity index (χ4v) is 5.13. The van der Waals surface area contributed by atoms with E-state index in [0.717, 1.165) is 119 Å². The third-order valence-corrected chi connectivity index (χ3v) is 7.18. The topological polar surface area (TPSA) is 91.5 Å². The molecule has 0 bridgehead atoms. The van der Waals surface area contributed by atoms with Crippen molar-refractivity contribution in [2.45, 2.75) is 39.8 Å². The minimum atomic E-state index is 0.680. The van der Waals surface area contributed by atoms with E-state index < -0.39 is 0 Å². The molecule has 37 heavy (non-hydrogen) atoms. The molecule has 0 saturated carbocycles. The number of ether oxygens (including phenoxy) is 2. The molecule has 5 rings (SSSR count). The van der Waals surface area contributed by atoms with E-state index in [2.05, 4.69) is 51.7 Å². The Morgan fingerprint density at radius 3 is 2.51 bits per heavy atom. The van der Waals surface area contributed by atoms with Crippen LogP contribution in [0, 0.1) is 12.3 Å². The number of aryl methyl sites for hydroxylation is 2. The minimum Gasteiger partial charge on any atom is -0.379 e. The third kappa shape index (κ3) is 6.11. The Balaban J connectivity index is 1.35. The summed E-state index contributed by atoms with van der Waals surface area (Å²) in [7, 11) is 0. The van der Waals surface area contributed by atoms with Gasteiger partial charge in [0, 0.05) is 51.0 Å². The summed E-state index contributed by atoms with van der Waals surface area (Å²) < 4.78 is 13.4. The van der Waals surface area contributed by atoms with Crippen LogP contribution in [0.25, 0.3) is 11.2 Å². The Morgan fingerprint density at radius 2 is 1.78 bits per heavy atom. The van der Waals surface area contributed by atoms with Crippen LogP contribution in [-0.2, 0) is 22.6 Å². The van der Waals surface area contributed by atoms with Gasteiger partial charge in [0.25, 0.3) is 0 Å². The molecule has 0 aliphatic carbocycles. The van der Waals surface area contributed by atoms with Crippen molar-refractivity contribution >= 4 is 28.4 Å². The second kappa shape index (κ2) is 12.0. The number of imidazole rings is 1. The summed E-state index contributed by atoms with van der Waals surface area (Å²) in [6.45, 7) is 13.2. The molecule has 0 unspecified atom stereocenters. The zero-order valence-electron chi connectivity index (χ0n) is 22.1. The lowest BCUT2D eigenvalue weighted by atomic mass is 10.0. The third-order valence-electron chi connectivity index (χ3n) is 7.18. The van der Waals surface area contributed by atoms with Gasteiger partial charge in [-0.25, -0.2) is 9.97 Å². The Labute approximate surface area is 219 Å². The second-order valence-corrected chi connectivity index (χ2v) is 9.84. The van der Waals surface area contributed by atoms with Crippen LogP contribution in [0.2, 0.25) is 0 Å². The molecule has 2 aliphatic heterocycles. The lowest BCUT2D eigenvalue weighted by Crippen LogP contribution is -2.36. The van der Waals surface area contributed by atoms with Crippen LogP contribution in [0.1, 0.15) is 36.7 Å². The Bertz CT molecular complexity index is 1210. The minimum absolute atomic E-state index is 0.680. The molecule has 2 saturated heterocycles. The first-order chi connectivity index (χ1) is 18.1. The van der Waals surface area contributed by atoms with Crippen molar-refractivity contribution in [3.8, 4) is 0 Å². The van der Waals surface area contributed by atoms with Gasteiger partial charge in [-0.1, -0.05) is 29.8 Å². The molecule has 3 aromatic rings. The summed E-state index contributed by atoms with van der Waals surface area (Å²) >= 11 is 0. The molecule has 1 aromatic carbocycles. The molecule has 0 atom stereocenters. The van der Waals surface area contributed by atoms with Gasteiger partial charge in [-0.3, -0.25) is 4.90 Å². The largest absolute Gasteiger partial charge is 0.379 e. The normalized spacial score (nSPS) is 16.9. The van der Waals surface area contributed by atoms with Gasteiger partial charge in [0.05, 0.1) is 38.7 Å². The highest BCUT2D eigenvalue weighted by molar-refractivity contribution is 5.98. The van der Waals surface area contributed by atoms with Crippen molar-refractivity contribution in [1.29, 1.82) is 5.41 Å². The molecular formula is C28H39N7O2. The zero-order chi connectivity index (χ0) is 25.6. The molecule has 2 N–H and O–H groups in total. The summed E-state index contributed by atoms with van der Waals surface area (Å²) in [5.41, 5.74) is 5.91. The fourth-order valence-electron chi connectivity index (χ4n) is 5.13. The van der Waals surface area contributed by atoms with Gasteiger partial charge in [-0.15, -0.1) is 0 Å². The van der Waals surface area contributed by atoms with Crippen molar-refractivity contribution < 1.29 is 9.47 Å². The van der Waals surface area contributed by atoms with Crippen molar-refractivity contribution in [3.05, 3.63) is 47.3 Å². The first-order valence-corrected chi connectivity index (χ1v) is 13.5. The number of anilines is 2. The maximum Gasteiger partial charge on any atom is 0.164 e. The molecule has 0 radical (unpaired) electrons. The molecule has 9 nitrogen and oxygen atoms in total. The predicted molar refractivity (Wildman–Crippen MR) is 148 cm³/mol. The highest BCUT2D eigenvalue weighted by Crippen LogP contribution is 2.30. The molecule has 198 valence electrons. The maximum atomic E-state index is 8.46. The number of pyridine rings is 1. The van der Waals surface area contributed by atoms with Gasteiger partial charge < -0.3 is 29.7 Å². The summed E-state index contributed by atoms with van der Waals surface area (Å²) in [5, 5.41) is 12.0. The number of nitrogens with zero attached hydrogens (tertiary/aromatic N) is 5. The first-order valence-electron chi connectivity index (χ1n) is 13.5. The van der Waals surface area contributed by atoms with Crippen LogP contribution in [0.3, 0.4) is 0 Å². The van der Waals surface area contributed by atoms with Crippen molar-refractivity contribution in [3.63, 3.8) is 0 Å². The first kappa shape index (κ1) is 25.6. The van der Waals surface area contributed by atoms with E-state index in [-0.39, 0.29) is 0 Å². The molecular weight excluding hydrogens is 466 g/mol. The van der Waals surface area contributed by atoms with Gasteiger partial charge in [0.1, 0.15) is 17.2 Å². The molecule has 2 aromatic heterocycles. The fraction of sp³-hybridized carbons (Fsp3) is 0.536. The number of fused-ring (bicyclic) bond motifs is 1. The van der Waals surface area contributed by atoms with Crippen LogP contribution >= 0.6 is 0 Å². The Hall–Kier alpha value is -3.01. The molecule has 9 heteroatoms. The number of morpholine rings is 2. The number of nitrogens with one attached hydrogen (secondary N) is 2. The highest BCUT2D eigenvalue weighted by Gasteiger charge is 2.23. The van der Waals surface area contributed by atoms with Gasteiger partial charge in [0.2, 0.25) is 0 Å².